The SMILES string of the molecule is CCOc1ccc([C@H]2C(C(=O)c3ccc(C)o3)=C(O)C(=O)N2CCN2CCOCC2)cc1OCC. The first-order valence-electron chi connectivity index (χ1n) is 12.0. The van der Waals surface area contributed by atoms with Crippen molar-refractivity contribution >= 4 is 11.7 Å². The third kappa shape index (κ3) is 5.21. The van der Waals surface area contributed by atoms with E-state index in [1.165, 1.54) is 0 Å². The maximum atomic E-state index is 13.5. The summed E-state index contributed by atoms with van der Waals surface area (Å²) in [5.74, 6) is 0.0785. The molecule has 3 heterocycles. The predicted molar refractivity (Wildman–Crippen MR) is 128 cm³/mol. The fourth-order valence-corrected chi connectivity index (χ4v) is 4.46. The van der Waals surface area contributed by atoms with Crippen LogP contribution in [0.5, 0.6) is 11.5 Å². The second-order valence-electron chi connectivity index (χ2n) is 8.43. The molecule has 0 aliphatic carbocycles. The van der Waals surface area contributed by atoms with E-state index in [0.717, 1.165) is 13.1 Å². The van der Waals surface area contributed by atoms with Crippen LogP contribution in [0, 0.1) is 6.92 Å². The number of Topliss-reactive ketones (excluding diaryl/α,β-unsaturated/α-hetero) is 1. The van der Waals surface area contributed by atoms with Crippen molar-refractivity contribution in [2.75, 3.05) is 52.6 Å². The number of ether oxygens (including phenoxy) is 3. The number of aliphatic hydroxyl groups is 1. The van der Waals surface area contributed by atoms with Crippen molar-refractivity contribution in [3.63, 3.8) is 0 Å². The van der Waals surface area contributed by atoms with Gasteiger partial charge in [-0.25, -0.2) is 0 Å². The Labute approximate surface area is 204 Å². The molecule has 0 spiro atoms. The number of ketones is 1. The second kappa shape index (κ2) is 11.0. The van der Waals surface area contributed by atoms with E-state index in [1.807, 2.05) is 13.8 Å². The van der Waals surface area contributed by atoms with Crippen molar-refractivity contribution in [1.29, 1.82) is 0 Å². The van der Waals surface area contributed by atoms with E-state index in [0.29, 0.717) is 62.3 Å². The Morgan fingerprint density at radius 1 is 1.06 bits per heavy atom. The third-order valence-electron chi connectivity index (χ3n) is 6.16. The molecule has 1 amide bonds. The molecule has 4 rings (SSSR count). The lowest BCUT2D eigenvalue weighted by Crippen LogP contribution is -2.43. The van der Waals surface area contributed by atoms with Crippen LogP contribution < -0.4 is 9.47 Å². The largest absolute Gasteiger partial charge is 0.503 e. The Morgan fingerprint density at radius 2 is 1.77 bits per heavy atom. The van der Waals surface area contributed by atoms with E-state index in [2.05, 4.69) is 4.90 Å². The molecule has 0 radical (unpaired) electrons. The lowest BCUT2D eigenvalue weighted by Gasteiger charge is -2.31. The number of furan rings is 1. The van der Waals surface area contributed by atoms with Crippen molar-refractivity contribution in [2.24, 2.45) is 0 Å². The Balaban J connectivity index is 1.72. The summed E-state index contributed by atoms with van der Waals surface area (Å²) in [6, 6.07) is 7.77. The van der Waals surface area contributed by atoms with Crippen LogP contribution in [-0.2, 0) is 9.53 Å². The molecule has 1 atom stereocenters. The molecule has 0 unspecified atom stereocenters. The van der Waals surface area contributed by atoms with Gasteiger partial charge in [-0.1, -0.05) is 6.07 Å². The Morgan fingerprint density at radius 3 is 2.43 bits per heavy atom. The molecule has 0 saturated carbocycles. The molecule has 188 valence electrons. The highest BCUT2D eigenvalue weighted by atomic mass is 16.5. The lowest BCUT2D eigenvalue weighted by molar-refractivity contribution is -0.129. The van der Waals surface area contributed by atoms with Crippen LogP contribution in [0.15, 0.2) is 46.1 Å². The molecule has 2 aromatic rings. The zero-order valence-corrected chi connectivity index (χ0v) is 20.4. The average molecular weight is 485 g/mol. The monoisotopic (exact) mass is 484 g/mol. The maximum absolute atomic E-state index is 13.5. The van der Waals surface area contributed by atoms with Gasteiger partial charge < -0.3 is 28.6 Å². The number of nitrogens with zero attached hydrogens (tertiary/aromatic N) is 2. The van der Waals surface area contributed by atoms with Gasteiger partial charge in [0.1, 0.15) is 5.76 Å². The van der Waals surface area contributed by atoms with E-state index >= 15 is 0 Å². The molecule has 1 fully saturated rings. The molecule has 35 heavy (non-hydrogen) atoms. The summed E-state index contributed by atoms with van der Waals surface area (Å²) in [4.78, 5) is 30.4. The number of amides is 1. The van der Waals surface area contributed by atoms with Gasteiger partial charge in [0.25, 0.3) is 5.91 Å². The number of aliphatic hydroxyl groups excluding tert-OH is 1. The van der Waals surface area contributed by atoms with Gasteiger partial charge in [-0.05, 0) is 50.6 Å². The summed E-state index contributed by atoms with van der Waals surface area (Å²) >= 11 is 0. The van der Waals surface area contributed by atoms with E-state index in [-0.39, 0.29) is 11.3 Å². The van der Waals surface area contributed by atoms with E-state index in [1.54, 1.807) is 42.2 Å². The van der Waals surface area contributed by atoms with Gasteiger partial charge in [-0.15, -0.1) is 0 Å². The highest BCUT2D eigenvalue weighted by Crippen LogP contribution is 2.41. The van der Waals surface area contributed by atoms with Gasteiger partial charge in [0.15, 0.2) is 23.0 Å². The number of carbonyl (C=O) groups excluding carboxylic acids is 2. The van der Waals surface area contributed by atoms with Crippen molar-refractivity contribution in [1.82, 2.24) is 9.80 Å². The number of morpholine rings is 1. The number of benzene rings is 1. The van der Waals surface area contributed by atoms with Gasteiger partial charge in [0, 0.05) is 26.2 Å². The molecule has 1 saturated heterocycles. The normalized spacial score (nSPS) is 18.9. The van der Waals surface area contributed by atoms with E-state index in [4.69, 9.17) is 18.6 Å². The minimum Gasteiger partial charge on any atom is -0.503 e. The molecule has 2 aliphatic heterocycles. The number of hydrogen-bond donors (Lipinski definition) is 1. The molecule has 9 nitrogen and oxygen atoms in total. The third-order valence-corrected chi connectivity index (χ3v) is 6.16. The van der Waals surface area contributed by atoms with Crippen LogP contribution in [0.4, 0.5) is 0 Å². The second-order valence-corrected chi connectivity index (χ2v) is 8.43. The molecule has 2 aliphatic rings. The fraction of sp³-hybridized carbons (Fsp3) is 0.462. The smallest absolute Gasteiger partial charge is 0.290 e. The standard InChI is InChI=1S/C26H32N2O7/c1-4-33-19-9-7-18(16-21(19)34-5-2)23-22(24(29)20-8-6-17(3)35-20)25(30)26(31)28(23)11-10-27-12-14-32-15-13-27/h6-9,16,23,30H,4-5,10-15H2,1-3H3/t23-/m0/s1. The first-order valence-corrected chi connectivity index (χ1v) is 12.0. The van der Waals surface area contributed by atoms with Crippen LogP contribution in [0.2, 0.25) is 0 Å². The quantitative estimate of drug-likeness (QED) is 0.513. The predicted octanol–water partition coefficient (Wildman–Crippen LogP) is 3.30. The van der Waals surface area contributed by atoms with Crippen molar-refractivity contribution in [3.8, 4) is 11.5 Å². The summed E-state index contributed by atoms with van der Waals surface area (Å²) in [5.41, 5.74) is 0.640. The molecule has 1 aromatic heterocycles. The Hall–Kier alpha value is -3.30. The first kappa shape index (κ1) is 24.8. The van der Waals surface area contributed by atoms with Crippen LogP contribution in [-0.4, -0.2) is 79.2 Å². The summed E-state index contributed by atoms with van der Waals surface area (Å²) in [7, 11) is 0. The number of aryl methyl sites for hydroxylation is 1. The molecule has 1 N–H and O–H groups in total. The molecule has 0 bridgehead atoms. The average Bonchev–Trinajstić information content (AvgIpc) is 3.40. The van der Waals surface area contributed by atoms with Gasteiger partial charge in [-0.2, -0.15) is 0 Å². The van der Waals surface area contributed by atoms with Gasteiger partial charge >= 0.3 is 0 Å². The summed E-state index contributed by atoms with van der Waals surface area (Å²) in [5, 5.41) is 10.9. The summed E-state index contributed by atoms with van der Waals surface area (Å²) in [6.07, 6.45) is 0. The van der Waals surface area contributed by atoms with Crippen LogP contribution in [0.3, 0.4) is 0 Å². The first-order chi connectivity index (χ1) is 16.9. The van der Waals surface area contributed by atoms with E-state index < -0.39 is 23.5 Å². The summed E-state index contributed by atoms with van der Waals surface area (Å²) < 4.78 is 22.4. The highest BCUT2D eigenvalue weighted by Gasteiger charge is 2.44. The molecule has 9 heteroatoms. The van der Waals surface area contributed by atoms with Crippen LogP contribution in [0.1, 0.15) is 41.8 Å². The van der Waals surface area contributed by atoms with Crippen molar-refractivity contribution in [3.05, 3.63) is 58.7 Å². The zero-order chi connectivity index (χ0) is 24.9. The van der Waals surface area contributed by atoms with Gasteiger partial charge in [0.05, 0.1) is 38.0 Å². The Kier molecular flexibility index (Phi) is 7.77. The maximum Gasteiger partial charge on any atom is 0.290 e. The topological polar surface area (TPSA) is 102 Å². The molecular weight excluding hydrogens is 452 g/mol. The minimum atomic E-state index is -0.795. The fourth-order valence-electron chi connectivity index (χ4n) is 4.46. The number of hydrogen-bond acceptors (Lipinski definition) is 8. The molecular formula is C26H32N2O7. The van der Waals surface area contributed by atoms with E-state index in [9.17, 15) is 14.7 Å². The van der Waals surface area contributed by atoms with Crippen LogP contribution in [0.25, 0.3) is 0 Å². The number of rotatable bonds is 10. The summed E-state index contributed by atoms with van der Waals surface area (Å²) in [6.45, 7) is 10.1. The number of carbonyl (C=O) groups is 2. The minimum absolute atomic E-state index is 0.00191. The molecule has 1 aromatic carbocycles. The zero-order valence-electron chi connectivity index (χ0n) is 20.4. The highest BCUT2D eigenvalue weighted by molar-refractivity contribution is 6.15. The van der Waals surface area contributed by atoms with Gasteiger partial charge in [0.2, 0.25) is 5.78 Å². The van der Waals surface area contributed by atoms with Crippen molar-refractivity contribution < 1.29 is 33.3 Å². The van der Waals surface area contributed by atoms with Crippen molar-refractivity contribution in [2.45, 2.75) is 26.8 Å². The van der Waals surface area contributed by atoms with Gasteiger partial charge in [-0.3, -0.25) is 14.5 Å². The lowest BCUT2D eigenvalue weighted by atomic mass is 9.94. The Bertz CT molecular complexity index is 1100. The van der Waals surface area contributed by atoms with Crippen LogP contribution >= 0.6 is 0 Å².